The maximum atomic E-state index is 12.9. The third kappa shape index (κ3) is 4.11. The summed E-state index contributed by atoms with van der Waals surface area (Å²) in [6, 6.07) is 9.75. The van der Waals surface area contributed by atoms with Crippen molar-refractivity contribution in [2.75, 3.05) is 0 Å². The zero-order chi connectivity index (χ0) is 20.2. The second-order valence-corrected chi connectivity index (χ2v) is 7.32. The Bertz CT molecular complexity index is 996. The van der Waals surface area contributed by atoms with Crippen LogP contribution in [0.15, 0.2) is 36.5 Å². The van der Waals surface area contributed by atoms with Crippen LogP contribution in [0.5, 0.6) is 11.6 Å². The second-order valence-electron chi connectivity index (χ2n) is 7.32. The topological polar surface area (TPSA) is 94.8 Å². The highest BCUT2D eigenvalue weighted by molar-refractivity contribution is 5.82. The first-order chi connectivity index (χ1) is 14.1. The van der Waals surface area contributed by atoms with Crippen LogP contribution in [0.2, 0.25) is 0 Å². The number of ether oxygens (including phenoxy) is 1. The molecule has 0 saturated heterocycles. The average molecular weight is 392 g/mol. The van der Waals surface area contributed by atoms with Gasteiger partial charge < -0.3 is 10.1 Å². The van der Waals surface area contributed by atoms with Gasteiger partial charge in [0.1, 0.15) is 5.75 Å². The normalized spacial score (nSPS) is 16.0. The first-order valence-electron chi connectivity index (χ1n) is 9.85. The molecule has 1 aliphatic rings. The smallest absolute Gasteiger partial charge is 0.231 e. The SMILES string of the molecule is Cc1cccc(C)c1Oc1ncccc1CNC(=O)[C@H]1CCCCn2nnnc21. The van der Waals surface area contributed by atoms with Crippen LogP contribution in [0.4, 0.5) is 0 Å². The van der Waals surface area contributed by atoms with Crippen molar-refractivity contribution in [3.05, 3.63) is 59.0 Å². The van der Waals surface area contributed by atoms with E-state index in [9.17, 15) is 4.79 Å². The van der Waals surface area contributed by atoms with Crippen LogP contribution in [0.1, 0.15) is 47.7 Å². The molecule has 0 aliphatic carbocycles. The molecule has 0 fully saturated rings. The fourth-order valence-electron chi connectivity index (χ4n) is 3.62. The lowest BCUT2D eigenvalue weighted by Gasteiger charge is -2.16. The lowest BCUT2D eigenvalue weighted by molar-refractivity contribution is -0.123. The minimum absolute atomic E-state index is 0.0789. The van der Waals surface area contributed by atoms with Crippen molar-refractivity contribution in [2.45, 2.75) is 52.1 Å². The number of hydrogen-bond donors (Lipinski definition) is 1. The Hall–Kier alpha value is -3.29. The summed E-state index contributed by atoms with van der Waals surface area (Å²) in [6.45, 7) is 5.08. The van der Waals surface area contributed by atoms with Gasteiger partial charge in [-0.05, 0) is 54.3 Å². The summed E-state index contributed by atoms with van der Waals surface area (Å²) < 4.78 is 7.85. The minimum atomic E-state index is -0.341. The number of carbonyl (C=O) groups excluding carboxylic acids is 1. The van der Waals surface area contributed by atoms with E-state index in [4.69, 9.17) is 4.74 Å². The van der Waals surface area contributed by atoms with E-state index in [0.717, 1.165) is 48.2 Å². The molecule has 0 bridgehead atoms. The number of nitrogens with zero attached hydrogens (tertiary/aromatic N) is 5. The van der Waals surface area contributed by atoms with Gasteiger partial charge in [0.05, 0.1) is 5.92 Å². The molecule has 8 nitrogen and oxygen atoms in total. The number of tetrazole rings is 1. The van der Waals surface area contributed by atoms with E-state index in [-0.39, 0.29) is 11.8 Å². The average Bonchev–Trinajstić information content (AvgIpc) is 3.09. The first kappa shape index (κ1) is 19.0. The molecule has 2 aromatic heterocycles. The van der Waals surface area contributed by atoms with E-state index < -0.39 is 0 Å². The Morgan fingerprint density at radius 1 is 1.21 bits per heavy atom. The van der Waals surface area contributed by atoms with Crippen LogP contribution >= 0.6 is 0 Å². The predicted molar refractivity (Wildman–Crippen MR) is 106 cm³/mol. The van der Waals surface area contributed by atoms with Crippen LogP contribution in [-0.4, -0.2) is 31.1 Å². The number of rotatable bonds is 5. The molecule has 29 heavy (non-hydrogen) atoms. The number of pyridine rings is 1. The van der Waals surface area contributed by atoms with Crippen molar-refractivity contribution in [3.8, 4) is 11.6 Å². The summed E-state index contributed by atoms with van der Waals surface area (Å²) >= 11 is 0. The number of para-hydroxylation sites is 1. The summed E-state index contributed by atoms with van der Waals surface area (Å²) in [6.07, 6.45) is 4.36. The van der Waals surface area contributed by atoms with E-state index in [2.05, 4.69) is 25.8 Å². The molecule has 0 saturated carbocycles. The lowest BCUT2D eigenvalue weighted by atomic mass is 10.0. The van der Waals surface area contributed by atoms with E-state index in [0.29, 0.717) is 18.2 Å². The standard InChI is InChI=1S/C21H24N6O2/c1-14-7-5-8-15(2)18(14)29-21-16(9-6-11-22-21)13-23-20(28)17-10-3-4-12-27-19(17)24-25-26-27/h5-9,11,17H,3-4,10,12-13H2,1-2H3,(H,23,28)/t17-/m0/s1. The lowest BCUT2D eigenvalue weighted by Crippen LogP contribution is -2.30. The minimum Gasteiger partial charge on any atom is -0.438 e. The van der Waals surface area contributed by atoms with Gasteiger partial charge in [0, 0.05) is 24.8 Å². The maximum absolute atomic E-state index is 12.9. The first-order valence-corrected chi connectivity index (χ1v) is 9.85. The Labute approximate surface area is 169 Å². The van der Waals surface area contributed by atoms with Crippen molar-refractivity contribution in [3.63, 3.8) is 0 Å². The summed E-state index contributed by atoms with van der Waals surface area (Å²) in [7, 11) is 0. The Morgan fingerprint density at radius 2 is 2.03 bits per heavy atom. The summed E-state index contributed by atoms with van der Waals surface area (Å²) in [5.74, 6) is 1.51. The molecule has 1 aromatic carbocycles. The fraction of sp³-hybridized carbons (Fsp3) is 0.381. The predicted octanol–water partition coefficient (Wildman–Crippen LogP) is 3.06. The molecule has 3 heterocycles. The molecule has 8 heteroatoms. The zero-order valence-electron chi connectivity index (χ0n) is 16.6. The van der Waals surface area contributed by atoms with Crippen molar-refractivity contribution >= 4 is 5.91 Å². The molecule has 1 atom stereocenters. The van der Waals surface area contributed by atoms with Gasteiger partial charge in [0.15, 0.2) is 5.82 Å². The van der Waals surface area contributed by atoms with Gasteiger partial charge in [0.2, 0.25) is 11.8 Å². The molecular weight excluding hydrogens is 368 g/mol. The van der Waals surface area contributed by atoms with Crippen molar-refractivity contribution in [1.82, 2.24) is 30.5 Å². The molecule has 0 unspecified atom stereocenters. The van der Waals surface area contributed by atoms with E-state index >= 15 is 0 Å². The van der Waals surface area contributed by atoms with Crippen LogP contribution in [-0.2, 0) is 17.9 Å². The monoisotopic (exact) mass is 392 g/mol. The summed E-state index contributed by atoms with van der Waals surface area (Å²) in [5.41, 5.74) is 2.89. The van der Waals surface area contributed by atoms with Gasteiger partial charge in [-0.3, -0.25) is 4.79 Å². The summed E-state index contributed by atoms with van der Waals surface area (Å²) in [5, 5.41) is 14.8. The maximum Gasteiger partial charge on any atom is 0.231 e. The van der Waals surface area contributed by atoms with Gasteiger partial charge in [-0.25, -0.2) is 9.67 Å². The van der Waals surface area contributed by atoms with E-state index in [1.54, 1.807) is 10.9 Å². The van der Waals surface area contributed by atoms with Crippen LogP contribution in [0.3, 0.4) is 0 Å². The number of aryl methyl sites for hydroxylation is 3. The number of amides is 1. The molecule has 1 amide bonds. The van der Waals surface area contributed by atoms with Gasteiger partial charge in [0.25, 0.3) is 0 Å². The highest BCUT2D eigenvalue weighted by Crippen LogP contribution is 2.29. The third-order valence-electron chi connectivity index (χ3n) is 5.21. The van der Waals surface area contributed by atoms with Gasteiger partial charge >= 0.3 is 0 Å². The molecule has 1 N–H and O–H groups in total. The zero-order valence-corrected chi connectivity index (χ0v) is 16.6. The highest BCUT2D eigenvalue weighted by Gasteiger charge is 2.28. The molecule has 4 rings (SSSR count). The largest absolute Gasteiger partial charge is 0.438 e. The molecule has 1 aliphatic heterocycles. The van der Waals surface area contributed by atoms with Crippen LogP contribution < -0.4 is 10.1 Å². The van der Waals surface area contributed by atoms with E-state index in [1.165, 1.54) is 0 Å². The highest BCUT2D eigenvalue weighted by atomic mass is 16.5. The second kappa shape index (κ2) is 8.38. The summed E-state index contributed by atoms with van der Waals surface area (Å²) in [4.78, 5) is 17.3. The van der Waals surface area contributed by atoms with Crippen LogP contribution in [0.25, 0.3) is 0 Å². The number of carbonyl (C=O) groups is 1. The molecule has 150 valence electrons. The number of aromatic nitrogens is 5. The van der Waals surface area contributed by atoms with E-state index in [1.807, 2.05) is 44.2 Å². The number of fused-ring (bicyclic) bond motifs is 1. The van der Waals surface area contributed by atoms with Crippen LogP contribution in [0, 0.1) is 13.8 Å². The quantitative estimate of drug-likeness (QED) is 0.717. The fourth-order valence-corrected chi connectivity index (χ4v) is 3.62. The Kier molecular flexibility index (Phi) is 5.50. The van der Waals surface area contributed by atoms with Gasteiger partial charge in [-0.15, -0.1) is 5.10 Å². The van der Waals surface area contributed by atoms with Crippen molar-refractivity contribution in [2.24, 2.45) is 0 Å². The van der Waals surface area contributed by atoms with Gasteiger partial charge in [-0.1, -0.05) is 30.7 Å². The third-order valence-corrected chi connectivity index (χ3v) is 5.21. The number of hydrogen-bond acceptors (Lipinski definition) is 6. The molecular formula is C21H24N6O2. The van der Waals surface area contributed by atoms with Crippen molar-refractivity contribution in [1.29, 1.82) is 0 Å². The van der Waals surface area contributed by atoms with Gasteiger partial charge in [-0.2, -0.15) is 0 Å². The molecule has 3 aromatic rings. The Morgan fingerprint density at radius 3 is 2.86 bits per heavy atom. The Balaban J connectivity index is 1.49. The number of benzene rings is 1. The number of nitrogens with one attached hydrogen (secondary N) is 1. The van der Waals surface area contributed by atoms with Crippen molar-refractivity contribution < 1.29 is 9.53 Å². The molecule has 0 spiro atoms. The molecule has 0 radical (unpaired) electrons.